The van der Waals surface area contributed by atoms with E-state index in [-0.39, 0.29) is 18.0 Å². The highest BCUT2D eigenvalue weighted by atomic mass is 16.5. The molecular weight excluding hydrogens is 260 g/mol. The molecule has 0 N–H and O–H groups in total. The molecule has 110 valence electrons. The van der Waals surface area contributed by atoms with Crippen LogP contribution in [0.1, 0.15) is 25.3 Å². The zero-order valence-electron chi connectivity index (χ0n) is 12.3. The van der Waals surface area contributed by atoms with Gasteiger partial charge in [0.1, 0.15) is 11.6 Å². The first-order chi connectivity index (χ1) is 9.51. The van der Waals surface area contributed by atoms with Gasteiger partial charge in [0.25, 0.3) is 0 Å². The number of methoxy groups -OCH3 is 3. The van der Waals surface area contributed by atoms with Crippen molar-refractivity contribution in [2.24, 2.45) is 0 Å². The first-order valence-corrected chi connectivity index (χ1v) is 6.31. The van der Waals surface area contributed by atoms with Gasteiger partial charge in [0.15, 0.2) is 11.5 Å². The van der Waals surface area contributed by atoms with Crippen molar-refractivity contribution < 1.29 is 23.8 Å². The number of aryl methyl sites for hydroxylation is 1. The summed E-state index contributed by atoms with van der Waals surface area (Å²) in [6, 6.07) is 3.62. The van der Waals surface area contributed by atoms with Gasteiger partial charge in [-0.2, -0.15) is 0 Å². The van der Waals surface area contributed by atoms with E-state index in [2.05, 4.69) is 0 Å². The van der Waals surface area contributed by atoms with Gasteiger partial charge in [-0.3, -0.25) is 9.59 Å². The van der Waals surface area contributed by atoms with Gasteiger partial charge in [-0.25, -0.2) is 0 Å². The fourth-order valence-electron chi connectivity index (χ4n) is 1.93. The maximum atomic E-state index is 11.6. The summed E-state index contributed by atoms with van der Waals surface area (Å²) < 4.78 is 15.7. The highest BCUT2D eigenvalue weighted by Crippen LogP contribution is 2.38. The number of carbonyl (C=O) groups is 2. The zero-order valence-corrected chi connectivity index (χ0v) is 12.3. The molecule has 0 aliphatic carbocycles. The van der Waals surface area contributed by atoms with Crippen LogP contribution in [0, 0.1) is 0 Å². The van der Waals surface area contributed by atoms with Crippen molar-refractivity contribution in [2.45, 2.75) is 26.2 Å². The number of Topliss-reactive ketones (excluding diaryl/α,β-unsaturated/α-hetero) is 2. The molecule has 0 unspecified atom stereocenters. The molecule has 0 fully saturated rings. The monoisotopic (exact) mass is 280 g/mol. The molecule has 0 saturated heterocycles. The van der Waals surface area contributed by atoms with Gasteiger partial charge in [0.05, 0.1) is 27.8 Å². The molecule has 0 bridgehead atoms. The molecule has 0 aliphatic heterocycles. The van der Waals surface area contributed by atoms with Crippen molar-refractivity contribution in [3.63, 3.8) is 0 Å². The molecule has 1 aromatic rings. The summed E-state index contributed by atoms with van der Waals surface area (Å²) in [7, 11) is 4.63. The predicted molar refractivity (Wildman–Crippen MR) is 74.7 cm³/mol. The summed E-state index contributed by atoms with van der Waals surface area (Å²) in [5.41, 5.74) is 0.899. The van der Waals surface area contributed by atoms with E-state index in [1.54, 1.807) is 14.2 Å². The maximum absolute atomic E-state index is 11.6. The predicted octanol–water partition coefficient (Wildman–Crippen LogP) is 2.19. The van der Waals surface area contributed by atoms with Gasteiger partial charge in [0, 0.05) is 6.42 Å². The topological polar surface area (TPSA) is 61.8 Å². The Hall–Kier alpha value is -2.04. The quantitative estimate of drug-likeness (QED) is 0.683. The Morgan fingerprint density at radius 1 is 1.00 bits per heavy atom. The lowest BCUT2D eigenvalue weighted by atomic mass is 10.0. The summed E-state index contributed by atoms with van der Waals surface area (Å²) in [5, 5.41) is 0. The van der Waals surface area contributed by atoms with E-state index in [0.29, 0.717) is 30.1 Å². The standard InChI is InChI=1S/C15H20O5/c1-10(16)7-12(17)6-5-11-8-13(18-2)15(20-4)14(9-11)19-3/h8-9H,5-7H2,1-4H3. The van der Waals surface area contributed by atoms with E-state index >= 15 is 0 Å². The van der Waals surface area contributed by atoms with Crippen molar-refractivity contribution in [3.05, 3.63) is 17.7 Å². The van der Waals surface area contributed by atoms with Crippen molar-refractivity contribution in [1.82, 2.24) is 0 Å². The minimum atomic E-state index is -0.111. The van der Waals surface area contributed by atoms with Gasteiger partial charge in [-0.15, -0.1) is 0 Å². The second-order valence-electron chi connectivity index (χ2n) is 4.45. The van der Waals surface area contributed by atoms with Crippen LogP contribution in [-0.4, -0.2) is 32.9 Å². The van der Waals surface area contributed by atoms with Crippen LogP contribution in [0.4, 0.5) is 0 Å². The van der Waals surface area contributed by atoms with E-state index in [9.17, 15) is 9.59 Å². The molecule has 0 amide bonds. The Morgan fingerprint density at radius 2 is 1.55 bits per heavy atom. The summed E-state index contributed by atoms with van der Waals surface area (Å²) in [6.07, 6.45) is 0.839. The van der Waals surface area contributed by atoms with Crippen LogP contribution in [0.5, 0.6) is 17.2 Å². The number of hydrogen-bond donors (Lipinski definition) is 0. The molecule has 0 saturated carbocycles. The van der Waals surface area contributed by atoms with E-state index in [0.717, 1.165) is 5.56 Å². The van der Waals surface area contributed by atoms with Crippen LogP contribution >= 0.6 is 0 Å². The van der Waals surface area contributed by atoms with E-state index in [4.69, 9.17) is 14.2 Å². The third-order valence-corrected chi connectivity index (χ3v) is 2.86. The lowest BCUT2D eigenvalue weighted by Gasteiger charge is -2.13. The molecule has 5 nitrogen and oxygen atoms in total. The average molecular weight is 280 g/mol. The third-order valence-electron chi connectivity index (χ3n) is 2.86. The molecule has 0 aromatic heterocycles. The molecule has 0 aliphatic rings. The highest BCUT2D eigenvalue weighted by molar-refractivity contribution is 5.97. The van der Waals surface area contributed by atoms with E-state index < -0.39 is 0 Å². The van der Waals surface area contributed by atoms with Gasteiger partial charge >= 0.3 is 0 Å². The number of benzene rings is 1. The fourth-order valence-corrected chi connectivity index (χ4v) is 1.93. The second kappa shape index (κ2) is 7.53. The Morgan fingerprint density at radius 3 is 1.95 bits per heavy atom. The van der Waals surface area contributed by atoms with Gasteiger partial charge in [-0.05, 0) is 31.0 Å². The largest absolute Gasteiger partial charge is 0.493 e. The Bertz CT molecular complexity index is 468. The molecule has 20 heavy (non-hydrogen) atoms. The van der Waals surface area contributed by atoms with Crippen LogP contribution in [-0.2, 0) is 16.0 Å². The lowest BCUT2D eigenvalue weighted by Crippen LogP contribution is -2.06. The Labute approximate surface area is 118 Å². The second-order valence-corrected chi connectivity index (χ2v) is 4.45. The minimum absolute atomic E-state index is 0.00950. The first-order valence-electron chi connectivity index (χ1n) is 6.31. The molecule has 0 heterocycles. The van der Waals surface area contributed by atoms with Crippen LogP contribution in [0.25, 0.3) is 0 Å². The fraction of sp³-hybridized carbons (Fsp3) is 0.467. The van der Waals surface area contributed by atoms with Crippen molar-refractivity contribution in [1.29, 1.82) is 0 Å². The van der Waals surface area contributed by atoms with Crippen molar-refractivity contribution >= 4 is 11.6 Å². The van der Waals surface area contributed by atoms with E-state index in [1.165, 1.54) is 14.0 Å². The maximum Gasteiger partial charge on any atom is 0.203 e. The smallest absolute Gasteiger partial charge is 0.203 e. The third kappa shape index (κ3) is 4.26. The molecular formula is C15H20O5. The van der Waals surface area contributed by atoms with Gasteiger partial charge < -0.3 is 14.2 Å². The highest BCUT2D eigenvalue weighted by Gasteiger charge is 2.14. The van der Waals surface area contributed by atoms with Crippen molar-refractivity contribution in [3.8, 4) is 17.2 Å². The Balaban J connectivity index is 2.85. The van der Waals surface area contributed by atoms with Crippen molar-refractivity contribution in [2.75, 3.05) is 21.3 Å². The Kier molecular flexibility index (Phi) is 6.03. The van der Waals surface area contributed by atoms with Crippen LogP contribution < -0.4 is 14.2 Å². The molecule has 0 atom stereocenters. The molecule has 5 heteroatoms. The van der Waals surface area contributed by atoms with Crippen LogP contribution in [0.15, 0.2) is 12.1 Å². The first kappa shape index (κ1) is 16.0. The number of hydrogen-bond acceptors (Lipinski definition) is 5. The molecule has 1 rings (SSSR count). The van der Waals surface area contributed by atoms with E-state index in [1.807, 2.05) is 12.1 Å². The van der Waals surface area contributed by atoms with Crippen LogP contribution in [0.2, 0.25) is 0 Å². The summed E-state index contributed by atoms with van der Waals surface area (Å²) in [5.74, 6) is 1.46. The number of rotatable bonds is 8. The molecule has 0 spiro atoms. The average Bonchev–Trinajstić information content (AvgIpc) is 2.42. The summed E-state index contributed by atoms with van der Waals surface area (Å²) >= 11 is 0. The molecule has 1 aromatic carbocycles. The SMILES string of the molecule is COc1cc(CCC(=O)CC(C)=O)cc(OC)c1OC. The minimum Gasteiger partial charge on any atom is -0.493 e. The number of ketones is 2. The lowest BCUT2D eigenvalue weighted by molar-refractivity contribution is -0.125. The van der Waals surface area contributed by atoms with Gasteiger partial charge in [0.2, 0.25) is 5.75 Å². The number of carbonyl (C=O) groups excluding carboxylic acids is 2. The number of ether oxygens (including phenoxy) is 3. The van der Waals surface area contributed by atoms with Crippen LogP contribution in [0.3, 0.4) is 0 Å². The molecule has 0 radical (unpaired) electrons. The summed E-state index contributed by atoms with van der Waals surface area (Å²) in [6.45, 7) is 1.41. The normalized spacial score (nSPS) is 10.0. The summed E-state index contributed by atoms with van der Waals surface area (Å²) in [4.78, 5) is 22.4. The zero-order chi connectivity index (χ0) is 15.1. The van der Waals surface area contributed by atoms with Gasteiger partial charge in [-0.1, -0.05) is 0 Å².